The van der Waals surface area contributed by atoms with E-state index in [1.807, 2.05) is 35.9 Å². The molecular weight excluding hydrogens is 345 g/mol. The van der Waals surface area contributed by atoms with Gasteiger partial charge in [-0.15, -0.1) is 0 Å². The Morgan fingerprint density at radius 3 is 2.59 bits per heavy atom. The molecule has 1 N–H and O–H groups in total. The molecule has 6 heteroatoms. The number of rotatable bonds is 4. The van der Waals surface area contributed by atoms with Crippen molar-refractivity contribution < 1.29 is 13.9 Å². The minimum Gasteiger partial charge on any atom is -0.381 e. The molecule has 0 saturated carbocycles. The van der Waals surface area contributed by atoms with Crippen LogP contribution in [0.5, 0.6) is 0 Å². The standard InChI is InChI=1S/C21H22FN3O2/c1-25-18-5-3-2-4-17(18)24-19(25)14-23-20(26)21(10-12-27-13-11-21)15-6-8-16(22)9-7-15/h2-9H,10-14H2,1H3,(H,23,26). The average Bonchev–Trinajstić information content (AvgIpc) is 3.03. The van der Waals surface area contributed by atoms with Crippen LogP contribution in [0.3, 0.4) is 0 Å². The molecule has 1 fully saturated rings. The summed E-state index contributed by atoms with van der Waals surface area (Å²) >= 11 is 0. The van der Waals surface area contributed by atoms with Crippen LogP contribution in [-0.2, 0) is 28.5 Å². The lowest BCUT2D eigenvalue weighted by atomic mass is 9.73. The van der Waals surface area contributed by atoms with Crippen LogP contribution >= 0.6 is 0 Å². The summed E-state index contributed by atoms with van der Waals surface area (Å²) in [6.07, 6.45) is 1.15. The van der Waals surface area contributed by atoms with E-state index in [4.69, 9.17) is 4.74 Å². The number of halogens is 1. The fourth-order valence-corrected chi connectivity index (χ4v) is 3.82. The van der Waals surface area contributed by atoms with Crippen molar-refractivity contribution in [3.8, 4) is 0 Å². The van der Waals surface area contributed by atoms with Gasteiger partial charge in [0, 0.05) is 20.3 Å². The number of hydrogen-bond acceptors (Lipinski definition) is 3. The summed E-state index contributed by atoms with van der Waals surface area (Å²) in [5.74, 6) is 0.427. The minimum atomic E-state index is -0.698. The van der Waals surface area contributed by atoms with Gasteiger partial charge >= 0.3 is 0 Å². The number of imidazole rings is 1. The minimum absolute atomic E-state index is 0.0653. The number of carbonyl (C=O) groups is 1. The number of nitrogens with one attached hydrogen (secondary N) is 1. The third-order valence-electron chi connectivity index (χ3n) is 5.46. The number of benzene rings is 2. The summed E-state index contributed by atoms with van der Waals surface area (Å²) in [4.78, 5) is 17.8. The Kier molecular flexibility index (Phi) is 4.66. The smallest absolute Gasteiger partial charge is 0.231 e. The van der Waals surface area contributed by atoms with Crippen LogP contribution in [0.25, 0.3) is 11.0 Å². The zero-order valence-electron chi connectivity index (χ0n) is 15.2. The summed E-state index contributed by atoms with van der Waals surface area (Å²) < 4.78 is 20.8. The summed E-state index contributed by atoms with van der Waals surface area (Å²) in [6, 6.07) is 14.1. The third kappa shape index (κ3) is 3.21. The van der Waals surface area contributed by atoms with E-state index >= 15 is 0 Å². The van der Waals surface area contributed by atoms with Crippen molar-refractivity contribution in [2.24, 2.45) is 7.05 Å². The van der Waals surface area contributed by atoms with Crippen LogP contribution in [0.15, 0.2) is 48.5 Å². The largest absolute Gasteiger partial charge is 0.381 e. The molecule has 1 aliphatic heterocycles. The van der Waals surface area contributed by atoms with E-state index in [1.165, 1.54) is 12.1 Å². The van der Waals surface area contributed by atoms with Crippen LogP contribution in [0.2, 0.25) is 0 Å². The summed E-state index contributed by atoms with van der Waals surface area (Å²) in [6.45, 7) is 1.36. The molecule has 0 aliphatic carbocycles. The fourth-order valence-electron chi connectivity index (χ4n) is 3.82. The molecular formula is C21H22FN3O2. The van der Waals surface area contributed by atoms with E-state index in [0.29, 0.717) is 32.6 Å². The lowest BCUT2D eigenvalue weighted by Gasteiger charge is -2.36. The van der Waals surface area contributed by atoms with E-state index in [1.54, 1.807) is 12.1 Å². The summed E-state index contributed by atoms with van der Waals surface area (Å²) in [5.41, 5.74) is 2.07. The summed E-state index contributed by atoms with van der Waals surface area (Å²) in [5, 5.41) is 3.05. The molecule has 0 bridgehead atoms. The highest BCUT2D eigenvalue weighted by Crippen LogP contribution is 2.35. The lowest BCUT2D eigenvalue weighted by Crippen LogP contribution is -2.48. The third-order valence-corrected chi connectivity index (χ3v) is 5.46. The molecule has 1 aliphatic rings. The predicted molar refractivity (Wildman–Crippen MR) is 101 cm³/mol. The van der Waals surface area contributed by atoms with E-state index in [-0.39, 0.29) is 11.7 Å². The maximum absolute atomic E-state index is 13.4. The highest BCUT2D eigenvalue weighted by molar-refractivity contribution is 5.88. The number of amides is 1. The number of fused-ring (bicyclic) bond motifs is 1. The quantitative estimate of drug-likeness (QED) is 0.771. The van der Waals surface area contributed by atoms with Crippen molar-refractivity contribution in [3.63, 3.8) is 0 Å². The first kappa shape index (κ1) is 17.7. The lowest BCUT2D eigenvalue weighted by molar-refractivity contribution is -0.130. The zero-order chi connectivity index (χ0) is 18.9. The molecule has 2 heterocycles. The predicted octanol–water partition coefficient (Wildman–Crippen LogP) is 3.08. The van der Waals surface area contributed by atoms with Gasteiger partial charge in [0.25, 0.3) is 0 Å². The van der Waals surface area contributed by atoms with Gasteiger partial charge in [-0.25, -0.2) is 9.37 Å². The van der Waals surface area contributed by atoms with Crippen molar-refractivity contribution in [1.29, 1.82) is 0 Å². The van der Waals surface area contributed by atoms with Crippen molar-refractivity contribution in [1.82, 2.24) is 14.9 Å². The van der Waals surface area contributed by atoms with Gasteiger partial charge in [-0.2, -0.15) is 0 Å². The Balaban J connectivity index is 1.58. The first-order valence-electron chi connectivity index (χ1n) is 9.13. The zero-order valence-corrected chi connectivity index (χ0v) is 15.2. The van der Waals surface area contributed by atoms with Gasteiger partial charge in [0.05, 0.1) is 23.0 Å². The second-order valence-electron chi connectivity index (χ2n) is 6.96. The van der Waals surface area contributed by atoms with Crippen molar-refractivity contribution >= 4 is 16.9 Å². The topological polar surface area (TPSA) is 56.2 Å². The molecule has 0 spiro atoms. The van der Waals surface area contributed by atoms with Crippen LogP contribution in [0.4, 0.5) is 4.39 Å². The number of nitrogens with zero attached hydrogens (tertiary/aromatic N) is 2. The highest BCUT2D eigenvalue weighted by atomic mass is 19.1. The van der Waals surface area contributed by atoms with E-state index in [9.17, 15) is 9.18 Å². The van der Waals surface area contributed by atoms with E-state index in [2.05, 4.69) is 10.3 Å². The molecule has 0 unspecified atom stereocenters. The number of ether oxygens (including phenoxy) is 1. The first-order valence-corrected chi connectivity index (χ1v) is 9.13. The normalized spacial score (nSPS) is 16.4. The Morgan fingerprint density at radius 1 is 1.19 bits per heavy atom. The Bertz CT molecular complexity index is 959. The monoisotopic (exact) mass is 367 g/mol. The van der Waals surface area contributed by atoms with E-state index < -0.39 is 5.41 Å². The van der Waals surface area contributed by atoms with Crippen molar-refractivity contribution in [3.05, 3.63) is 65.7 Å². The van der Waals surface area contributed by atoms with Crippen LogP contribution in [0, 0.1) is 5.82 Å². The molecule has 1 amide bonds. The van der Waals surface area contributed by atoms with Gasteiger partial charge in [0.15, 0.2) is 0 Å². The van der Waals surface area contributed by atoms with Crippen molar-refractivity contribution in [2.45, 2.75) is 24.8 Å². The molecule has 0 atom stereocenters. The molecule has 1 saturated heterocycles. The first-order chi connectivity index (χ1) is 13.1. The van der Waals surface area contributed by atoms with Crippen LogP contribution in [-0.4, -0.2) is 28.7 Å². The van der Waals surface area contributed by atoms with Crippen molar-refractivity contribution in [2.75, 3.05) is 13.2 Å². The summed E-state index contributed by atoms with van der Waals surface area (Å²) in [7, 11) is 1.95. The van der Waals surface area contributed by atoms with Gasteiger partial charge in [-0.1, -0.05) is 24.3 Å². The molecule has 4 rings (SSSR count). The van der Waals surface area contributed by atoms with Crippen LogP contribution in [0.1, 0.15) is 24.2 Å². The fraction of sp³-hybridized carbons (Fsp3) is 0.333. The SMILES string of the molecule is Cn1c(CNC(=O)C2(c3ccc(F)cc3)CCOCC2)nc2ccccc21. The van der Waals surface area contributed by atoms with Gasteiger partial charge in [0.1, 0.15) is 11.6 Å². The average molecular weight is 367 g/mol. The Hall–Kier alpha value is -2.73. The Morgan fingerprint density at radius 2 is 1.89 bits per heavy atom. The number of aryl methyl sites for hydroxylation is 1. The molecule has 0 radical (unpaired) electrons. The number of para-hydroxylation sites is 2. The van der Waals surface area contributed by atoms with Gasteiger partial charge in [-0.3, -0.25) is 4.79 Å². The molecule has 3 aromatic rings. The molecule has 140 valence electrons. The maximum Gasteiger partial charge on any atom is 0.231 e. The van der Waals surface area contributed by atoms with Gasteiger partial charge < -0.3 is 14.6 Å². The number of hydrogen-bond donors (Lipinski definition) is 1. The molecule has 2 aromatic carbocycles. The van der Waals surface area contributed by atoms with Gasteiger partial charge in [0.2, 0.25) is 5.91 Å². The number of aromatic nitrogens is 2. The second-order valence-corrected chi connectivity index (χ2v) is 6.96. The van der Waals surface area contributed by atoms with E-state index in [0.717, 1.165) is 22.4 Å². The molecule has 27 heavy (non-hydrogen) atoms. The number of carbonyl (C=O) groups excluding carboxylic acids is 1. The van der Waals surface area contributed by atoms with Crippen LogP contribution < -0.4 is 5.32 Å². The molecule has 5 nitrogen and oxygen atoms in total. The Labute approximate surface area is 157 Å². The second kappa shape index (κ2) is 7.12. The maximum atomic E-state index is 13.4. The highest BCUT2D eigenvalue weighted by Gasteiger charge is 2.41. The molecule has 1 aromatic heterocycles. The van der Waals surface area contributed by atoms with Gasteiger partial charge in [-0.05, 0) is 42.7 Å².